The third-order valence-electron chi connectivity index (χ3n) is 2.60. The fraction of sp³-hybridized carbons (Fsp3) is 0.786. The normalized spacial score (nSPS) is 10.9. The summed E-state index contributed by atoms with van der Waals surface area (Å²) in [4.78, 5) is 10.8. The minimum Gasteiger partial charge on any atom is -0.469 e. The Morgan fingerprint density at radius 1 is 1.00 bits per heavy atom. The van der Waals surface area contributed by atoms with Crippen molar-refractivity contribution in [1.82, 2.24) is 0 Å². The van der Waals surface area contributed by atoms with Crippen LogP contribution in [0.15, 0.2) is 12.2 Å². The standard InChI is InChI=1S/C14H26O2/c1-3-4-5-6-7-8-9-10-11-12-13-14(15)16-2/h5-6H,3-4,7-13H2,1-2H3. The van der Waals surface area contributed by atoms with Crippen LogP contribution in [0.2, 0.25) is 0 Å². The Bertz CT molecular complexity index is 185. The van der Waals surface area contributed by atoms with E-state index in [9.17, 15) is 4.79 Å². The molecule has 0 saturated heterocycles. The van der Waals surface area contributed by atoms with Crippen LogP contribution in [0.3, 0.4) is 0 Å². The van der Waals surface area contributed by atoms with Gasteiger partial charge in [0, 0.05) is 6.42 Å². The molecule has 0 atom stereocenters. The molecular weight excluding hydrogens is 200 g/mol. The van der Waals surface area contributed by atoms with Gasteiger partial charge in [-0.1, -0.05) is 44.8 Å². The SMILES string of the molecule is CCCC=CCCCCCCCC(=O)OC. The number of methoxy groups -OCH3 is 1. The van der Waals surface area contributed by atoms with Crippen LogP contribution < -0.4 is 0 Å². The zero-order valence-electron chi connectivity index (χ0n) is 10.8. The van der Waals surface area contributed by atoms with Crippen molar-refractivity contribution in [2.24, 2.45) is 0 Å². The van der Waals surface area contributed by atoms with Crippen molar-refractivity contribution in [3.63, 3.8) is 0 Å². The minimum atomic E-state index is -0.0810. The second-order valence-electron chi connectivity index (χ2n) is 4.14. The summed E-state index contributed by atoms with van der Waals surface area (Å²) in [6, 6.07) is 0. The predicted octanol–water partition coefficient (Wildman–Crippen LogP) is 4.25. The largest absolute Gasteiger partial charge is 0.469 e. The summed E-state index contributed by atoms with van der Waals surface area (Å²) in [6.45, 7) is 2.20. The Balaban J connectivity index is 3.07. The summed E-state index contributed by atoms with van der Waals surface area (Å²) in [5, 5.41) is 0. The van der Waals surface area contributed by atoms with Crippen LogP contribution in [-0.4, -0.2) is 13.1 Å². The smallest absolute Gasteiger partial charge is 0.305 e. The molecule has 0 fully saturated rings. The third-order valence-corrected chi connectivity index (χ3v) is 2.60. The molecule has 0 saturated carbocycles. The van der Waals surface area contributed by atoms with Gasteiger partial charge in [-0.15, -0.1) is 0 Å². The fourth-order valence-corrected chi connectivity index (χ4v) is 1.57. The summed E-state index contributed by atoms with van der Waals surface area (Å²) in [5.74, 6) is -0.0810. The van der Waals surface area contributed by atoms with Crippen LogP contribution >= 0.6 is 0 Å². The van der Waals surface area contributed by atoms with E-state index in [4.69, 9.17) is 0 Å². The maximum absolute atomic E-state index is 10.8. The number of hydrogen-bond donors (Lipinski definition) is 0. The molecule has 0 aliphatic heterocycles. The quantitative estimate of drug-likeness (QED) is 0.316. The van der Waals surface area contributed by atoms with Crippen molar-refractivity contribution in [2.75, 3.05) is 7.11 Å². The number of carbonyl (C=O) groups is 1. The molecule has 0 aromatic carbocycles. The molecule has 0 bridgehead atoms. The van der Waals surface area contributed by atoms with E-state index in [1.54, 1.807) is 0 Å². The highest BCUT2D eigenvalue weighted by Crippen LogP contribution is 2.08. The first kappa shape index (κ1) is 15.2. The van der Waals surface area contributed by atoms with E-state index in [2.05, 4.69) is 23.8 Å². The van der Waals surface area contributed by atoms with Gasteiger partial charge < -0.3 is 4.74 Å². The number of esters is 1. The van der Waals surface area contributed by atoms with Crippen molar-refractivity contribution in [2.45, 2.75) is 64.7 Å². The number of carbonyl (C=O) groups excluding carboxylic acids is 1. The van der Waals surface area contributed by atoms with E-state index in [-0.39, 0.29) is 5.97 Å². The Morgan fingerprint density at radius 3 is 2.31 bits per heavy atom. The van der Waals surface area contributed by atoms with Gasteiger partial charge in [-0.25, -0.2) is 0 Å². The van der Waals surface area contributed by atoms with E-state index >= 15 is 0 Å². The van der Waals surface area contributed by atoms with Crippen molar-refractivity contribution in [3.8, 4) is 0 Å². The van der Waals surface area contributed by atoms with Crippen LogP contribution in [0.4, 0.5) is 0 Å². The monoisotopic (exact) mass is 226 g/mol. The zero-order chi connectivity index (χ0) is 12.1. The van der Waals surface area contributed by atoms with Crippen molar-refractivity contribution < 1.29 is 9.53 Å². The lowest BCUT2D eigenvalue weighted by atomic mass is 10.1. The Hall–Kier alpha value is -0.790. The molecule has 0 aliphatic rings. The number of rotatable bonds is 10. The number of unbranched alkanes of at least 4 members (excludes halogenated alkanes) is 6. The third kappa shape index (κ3) is 11.3. The molecule has 0 aromatic heterocycles. The van der Waals surface area contributed by atoms with E-state index < -0.39 is 0 Å². The maximum Gasteiger partial charge on any atom is 0.305 e. The Labute approximate surface area is 100 Å². The van der Waals surface area contributed by atoms with Crippen molar-refractivity contribution in [1.29, 1.82) is 0 Å². The Morgan fingerprint density at radius 2 is 1.62 bits per heavy atom. The highest BCUT2D eigenvalue weighted by Gasteiger charge is 1.98. The number of ether oxygens (including phenoxy) is 1. The molecule has 2 nitrogen and oxygen atoms in total. The summed E-state index contributed by atoms with van der Waals surface area (Å²) in [5.41, 5.74) is 0. The van der Waals surface area contributed by atoms with Gasteiger partial charge in [0.2, 0.25) is 0 Å². The molecule has 0 amide bonds. The molecule has 94 valence electrons. The summed E-state index contributed by atoms with van der Waals surface area (Å²) >= 11 is 0. The second-order valence-corrected chi connectivity index (χ2v) is 4.14. The molecular formula is C14H26O2. The molecule has 0 rings (SSSR count). The summed E-state index contributed by atoms with van der Waals surface area (Å²) < 4.78 is 4.58. The molecule has 0 radical (unpaired) electrons. The van der Waals surface area contributed by atoms with Gasteiger partial charge in [-0.3, -0.25) is 4.79 Å². The van der Waals surface area contributed by atoms with Crippen molar-refractivity contribution >= 4 is 5.97 Å². The first-order valence-electron chi connectivity index (χ1n) is 6.53. The molecule has 0 heterocycles. The average Bonchev–Trinajstić information content (AvgIpc) is 2.31. The first-order valence-corrected chi connectivity index (χ1v) is 6.53. The molecule has 16 heavy (non-hydrogen) atoms. The molecule has 0 unspecified atom stereocenters. The Kier molecular flexibility index (Phi) is 11.7. The van der Waals surface area contributed by atoms with Gasteiger partial charge in [0.1, 0.15) is 0 Å². The van der Waals surface area contributed by atoms with Gasteiger partial charge in [-0.2, -0.15) is 0 Å². The fourth-order valence-electron chi connectivity index (χ4n) is 1.57. The van der Waals surface area contributed by atoms with Crippen LogP contribution in [0.25, 0.3) is 0 Å². The van der Waals surface area contributed by atoms with E-state index in [1.807, 2.05) is 0 Å². The lowest BCUT2D eigenvalue weighted by Gasteiger charge is -1.99. The van der Waals surface area contributed by atoms with Crippen LogP contribution in [-0.2, 0) is 9.53 Å². The summed E-state index contributed by atoms with van der Waals surface area (Å²) in [6.07, 6.45) is 14.7. The lowest BCUT2D eigenvalue weighted by Crippen LogP contribution is -1.98. The molecule has 0 aromatic rings. The molecule has 0 aliphatic carbocycles. The summed E-state index contributed by atoms with van der Waals surface area (Å²) in [7, 11) is 1.45. The predicted molar refractivity (Wildman–Crippen MR) is 68.4 cm³/mol. The second kappa shape index (κ2) is 12.3. The van der Waals surface area contributed by atoms with Crippen LogP contribution in [0.5, 0.6) is 0 Å². The van der Waals surface area contributed by atoms with Gasteiger partial charge in [-0.05, 0) is 25.7 Å². The van der Waals surface area contributed by atoms with E-state index in [1.165, 1.54) is 45.6 Å². The highest BCUT2D eigenvalue weighted by molar-refractivity contribution is 5.68. The van der Waals surface area contributed by atoms with Gasteiger partial charge in [0.25, 0.3) is 0 Å². The topological polar surface area (TPSA) is 26.3 Å². The molecule has 0 N–H and O–H groups in total. The maximum atomic E-state index is 10.8. The lowest BCUT2D eigenvalue weighted by molar-refractivity contribution is -0.140. The van der Waals surface area contributed by atoms with Crippen LogP contribution in [0, 0.1) is 0 Å². The van der Waals surface area contributed by atoms with E-state index in [0.717, 1.165) is 12.8 Å². The minimum absolute atomic E-state index is 0.0810. The first-order chi connectivity index (χ1) is 7.81. The van der Waals surface area contributed by atoms with Crippen LogP contribution in [0.1, 0.15) is 64.7 Å². The van der Waals surface area contributed by atoms with Gasteiger partial charge in [0.15, 0.2) is 0 Å². The highest BCUT2D eigenvalue weighted by atomic mass is 16.5. The van der Waals surface area contributed by atoms with Crippen molar-refractivity contribution in [3.05, 3.63) is 12.2 Å². The molecule has 0 spiro atoms. The number of allylic oxidation sites excluding steroid dienone is 2. The molecule has 2 heteroatoms. The van der Waals surface area contributed by atoms with Gasteiger partial charge in [0.05, 0.1) is 7.11 Å². The van der Waals surface area contributed by atoms with Gasteiger partial charge >= 0.3 is 5.97 Å². The average molecular weight is 226 g/mol. The van der Waals surface area contributed by atoms with E-state index in [0.29, 0.717) is 6.42 Å². The zero-order valence-corrected chi connectivity index (χ0v) is 10.8. The number of hydrogen-bond acceptors (Lipinski definition) is 2.